The molecule has 0 aliphatic carbocycles. The lowest BCUT2D eigenvalue weighted by molar-refractivity contribution is 0.287. The van der Waals surface area contributed by atoms with E-state index in [9.17, 15) is 0 Å². The molecule has 0 unspecified atom stereocenters. The van der Waals surface area contributed by atoms with Gasteiger partial charge in [0.25, 0.3) is 0 Å². The fourth-order valence-corrected chi connectivity index (χ4v) is 1.59. The Labute approximate surface area is 87.1 Å². The maximum Gasteiger partial charge on any atom is 0.707 e. The quantitative estimate of drug-likeness (QED) is 0.690. The van der Waals surface area contributed by atoms with E-state index in [1.165, 1.54) is 0 Å². The van der Waals surface area contributed by atoms with Gasteiger partial charge in [-0.3, -0.25) is 4.68 Å². The second-order valence-electron chi connectivity index (χ2n) is 3.33. The van der Waals surface area contributed by atoms with Crippen LogP contribution in [0, 0.1) is 6.92 Å². The highest BCUT2D eigenvalue weighted by molar-refractivity contribution is 6.33. The molecular formula is C9H11BN2O3. The van der Waals surface area contributed by atoms with Gasteiger partial charge in [-0.1, -0.05) is 0 Å². The van der Waals surface area contributed by atoms with Gasteiger partial charge in [-0.2, -0.15) is 5.10 Å². The van der Waals surface area contributed by atoms with Crippen LogP contribution in [0.5, 0.6) is 5.75 Å². The molecule has 0 saturated heterocycles. The van der Waals surface area contributed by atoms with E-state index in [1.807, 2.05) is 20.0 Å². The summed E-state index contributed by atoms with van der Waals surface area (Å²) in [5.41, 5.74) is 1.82. The topological polar surface area (TPSA) is 67.5 Å². The molecule has 15 heavy (non-hydrogen) atoms. The molecule has 0 bridgehead atoms. The van der Waals surface area contributed by atoms with Gasteiger partial charge in [-0.25, -0.2) is 0 Å². The molecule has 6 heteroatoms. The molecule has 78 valence electrons. The summed E-state index contributed by atoms with van der Waals surface area (Å²) < 4.78 is 6.59. The molecule has 5 nitrogen and oxygen atoms in total. The van der Waals surface area contributed by atoms with E-state index < -0.39 is 7.32 Å². The summed E-state index contributed by atoms with van der Waals surface area (Å²) in [7, 11) is 0.0567. The lowest BCUT2D eigenvalue weighted by atomic mass is 10.1. The molecule has 0 saturated carbocycles. The predicted molar refractivity (Wildman–Crippen MR) is 56.3 cm³/mol. The second kappa shape index (κ2) is 3.56. The minimum atomic E-state index is -1.79. The average Bonchev–Trinajstić information content (AvgIpc) is 2.53. The van der Waals surface area contributed by atoms with Gasteiger partial charge in [0.1, 0.15) is 5.75 Å². The smallest absolute Gasteiger partial charge is 0.512 e. The van der Waals surface area contributed by atoms with Crippen molar-refractivity contribution >= 4 is 18.2 Å². The van der Waals surface area contributed by atoms with Gasteiger partial charge in [0.2, 0.25) is 0 Å². The van der Waals surface area contributed by atoms with Crippen LogP contribution in [0.2, 0.25) is 0 Å². The highest BCUT2D eigenvalue weighted by Gasteiger charge is 2.15. The van der Waals surface area contributed by atoms with Gasteiger partial charge in [-0.05, 0) is 19.1 Å². The Hall–Kier alpha value is -1.53. The van der Waals surface area contributed by atoms with Crippen LogP contribution < -0.4 is 4.65 Å². The summed E-state index contributed by atoms with van der Waals surface area (Å²) in [5.74, 6) is 0.450. The molecular weight excluding hydrogens is 195 g/mol. The lowest BCUT2D eigenvalue weighted by Gasteiger charge is -2.08. The standard InChI is InChI=1S/C9H11BN2O3/c1-6-7-5-11-12(2)8(7)3-4-9(6)15-10(13)14/h3-5,13-14H,1-2H3. The van der Waals surface area contributed by atoms with E-state index in [0.717, 1.165) is 16.5 Å². The van der Waals surface area contributed by atoms with E-state index in [4.69, 9.17) is 14.7 Å². The Bertz CT molecular complexity index is 495. The molecule has 1 aromatic heterocycles. The van der Waals surface area contributed by atoms with Gasteiger partial charge < -0.3 is 14.7 Å². The van der Waals surface area contributed by atoms with Gasteiger partial charge in [0.15, 0.2) is 0 Å². The van der Waals surface area contributed by atoms with Crippen LogP contribution in [0.1, 0.15) is 5.56 Å². The summed E-state index contributed by atoms with van der Waals surface area (Å²) >= 11 is 0. The van der Waals surface area contributed by atoms with E-state index in [1.54, 1.807) is 16.9 Å². The second-order valence-corrected chi connectivity index (χ2v) is 3.33. The number of aryl methyl sites for hydroxylation is 2. The summed E-state index contributed by atoms with van der Waals surface area (Å²) in [6.07, 6.45) is 1.72. The van der Waals surface area contributed by atoms with Crippen LogP contribution in [-0.2, 0) is 7.05 Å². The molecule has 0 radical (unpaired) electrons. The first kappa shape index (κ1) is 10.0. The van der Waals surface area contributed by atoms with Gasteiger partial charge in [0, 0.05) is 18.0 Å². The molecule has 0 atom stereocenters. The minimum absolute atomic E-state index is 0.450. The molecule has 2 N–H and O–H groups in total. The number of rotatable bonds is 2. The van der Waals surface area contributed by atoms with E-state index in [0.29, 0.717) is 5.75 Å². The Morgan fingerprint density at radius 1 is 1.40 bits per heavy atom. The third-order valence-electron chi connectivity index (χ3n) is 2.38. The summed E-state index contributed by atoms with van der Waals surface area (Å²) in [5, 5.41) is 22.5. The van der Waals surface area contributed by atoms with Crippen LogP contribution in [0.3, 0.4) is 0 Å². The van der Waals surface area contributed by atoms with Crippen LogP contribution in [0.4, 0.5) is 0 Å². The van der Waals surface area contributed by atoms with E-state index in [2.05, 4.69) is 5.10 Å². The van der Waals surface area contributed by atoms with Crippen molar-refractivity contribution in [3.8, 4) is 5.75 Å². The van der Waals surface area contributed by atoms with Crippen molar-refractivity contribution in [2.24, 2.45) is 7.05 Å². The fraction of sp³-hybridized carbons (Fsp3) is 0.222. The molecule has 0 fully saturated rings. The van der Waals surface area contributed by atoms with Gasteiger partial charge in [-0.15, -0.1) is 0 Å². The number of benzene rings is 1. The molecule has 1 heterocycles. The van der Waals surface area contributed by atoms with Crippen LogP contribution >= 0.6 is 0 Å². The van der Waals surface area contributed by atoms with Crippen molar-refractivity contribution in [3.05, 3.63) is 23.9 Å². The molecule has 1 aromatic carbocycles. The van der Waals surface area contributed by atoms with Crippen molar-refractivity contribution in [2.45, 2.75) is 6.92 Å². The Kier molecular flexibility index (Phi) is 2.38. The summed E-state index contributed by atoms with van der Waals surface area (Å²) in [4.78, 5) is 0. The molecule has 2 rings (SSSR count). The molecule has 0 aliphatic heterocycles. The lowest BCUT2D eigenvalue weighted by Crippen LogP contribution is -2.21. The summed E-state index contributed by atoms with van der Waals surface area (Å²) in [6, 6.07) is 3.52. The number of hydrogen-bond acceptors (Lipinski definition) is 4. The number of aromatic nitrogens is 2. The number of fused-ring (bicyclic) bond motifs is 1. The molecule has 0 amide bonds. The Balaban J connectivity index is 2.55. The van der Waals surface area contributed by atoms with Gasteiger partial charge >= 0.3 is 7.32 Å². The van der Waals surface area contributed by atoms with Crippen molar-refractivity contribution in [1.29, 1.82) is 0 Å². The Morgan fingerprint density at radius 3 is 2.80 bits per heavy atom. The molecule has 0 aliphatic rings. The van der Waals surface area contributed by atoms with Crippen LogP contribution in [-0.4, -0.2) is 27.1 Å². The first-order valence-corrected chi connectivity index (χ1v) is 4.53. The van der Waals surface area contributed by atoms with E-state index in [-0.39, 0.29) is 0 Å². The summed E-state index contributed by atoms with van der Waals surface area (Å²) in [6.45, 7) is 1.85. The highest BCUT2D eigenvalue weighted by Crippen LogP contribution is 2.26. The Morgan fingerprint density at radius 2 is 2.13 bits per heavy atom. The van der Waals surface area contributed by atoms with Crippen molar-refractivity contribution in [2.75, 3.05) is 0 Å². The number of nitrogens with zero attached hydrogens (tertiary/aromatic N) is 2. The largest absolute Gasteiger partial charge is 0.707 e. The van der Waals surface area contributed by atoms with E-state index >= 15 is 0 Å². The predicted octanol–water partition coefficient (Wildman–Crippen LogP) is 0.230. The zero-order valence-corrected chi connectivity index (χ0v) is 8.51. The maximum absolute atomic E-state index is 8.72. The number of hydrogen-bond donors (Lipinski definition) is 2. The fourth-order valence-electron chi connectivity index (χ4n) is 1.59. The third kappa shape index (κ3) is 1.69. The normalized spacial score (nSPS) is 10.7. The molecule has 0 spiro atoms. The zero-order chi connectivity index (χ0) is 11.0. The highest BCUT2D eigenvalue weighted by atomic mass is 16.6. The van der Waals surface area contributed by atoms with Crippen molar-refractivity contribution in [3.63, 3.8) is 0 Å². The average molecular weight is 206 g/mol. The van der Waals surface area contributed by atoms with Gasteiger partial charge in [0.05, 0.1) is 11.7 Å². The monoisotopic (exact) mass is 206 g/mol. The minimum Gasteiger partial charge on any atom is -0.512 e. The van der Waals surface area contributed by atoms with Crippen LogP contribution in [0.25, 0.3) is 10.9 Å². The maximum atomic E-state index is 8.72. The van der Waals surface area contributed by atoms with Crippen LogP contribution in [0.15, 0.2) is 18.3 Å². The third-order valence-corrected chi connectivity index (χ3v) is 2.38. The molecule has 2 aromatic rings. The first-order valence-electron chi connectivity index (χ1n) is 4.53. The van der Waals surface area contributed by atoms with Crippen molar-refractivity contribution in [1.82, 2.24) is 9.78 Å². The first-order chi connectivity index (χ1) is 7.09. The zero-order valence-electron chi connectivity index (χ0n) is 8.51. The van der Waals surface area contributed by atoms with Crippen molar-refractivity contribution < 1.29 is 14.7 Å². The SMILES string of the molecule is Cc1c(OB(O)O)ccc2c1cnn2C.